The van der Waals surface area contributed by atoms with Crippen molar-refractivity contribution >= 4 is 97.6 Å². The summed E-state index contributed by atoms with van der Waals surface area (Å²) in [5.74, 6) is -9.42. The van der Waals surface area contributed by atoms with Crippen LogP contribution in [0.3, 0.4) is 0 Å². The lowest BCUT2D eigenvalue weighted by molar-refractivity contribution is -0.401. The maximum absolute atomic E-state index is 13.7. The van der Waals surface area contributed by atoms with E-state index >= 15 is 0 Å². The second-order valence-corrected chi connectivity index (χ2v) is 28.9. The van der Waals surface area contributed by atoms with Gasteiger partial charge >= 0.3 is 5.97 Å². The van der Waals surface area contributed by atoms with Gasteiger partial charge in [-0.15, -0.1) is 11.8 Å². The van der Waals surface area contributed by atoms with E-state index in [9.17, 15) is 71.1 Å². The normalized spacial score (nSPS) is 17.7. The number of likely N-dealkylation sites (tertiary alicyclic amines) is 1. The number of ether oxygens (including phenoxy) is 2. The van der Waals surface area contributed by atoms with Gasteiger partial charge in [-0.05, 0) is 96.2 Å². The summed E-state index contributed by atoms with van der Waals surface area (Å²) >= 11 is 1.07. The van der Waals surface area contributed by atoms with Crippen molar-refractivity contribution in [2.75, 3.05) is 70.3 Å². The maximum atomic E-state index is 13.7. The number of thioether (sulfide) groups is 1. The first-order chi connectivity index (χ1) is 46.4. The van der Waals surface area contributed by atoms with Crippen molar-refractivity contribution in [1.82, 2.24) is 30.8 Å². The molecule has 7 N–H and O–H groups in total. The van der Waals surface area contributed by atoms with Gasteiger partial charge in [0.05, 0.1) is 64.8 Å². The van der Waals surface area contributed by atoms with Gasteiger partial charge in [0.25, 0.3) is 10.1 Å². The maximum Gasteiger partial charge on any atom is 0.304 e. The van der Waals surface area contributed by atoms with Gasteiger partial charge in [0.2, 0.25) is 35.2 Å². The Morgan fingerprint density at radius 3 is 2.18 bits per heavy atom. The summed E-state index contributed by atoms with van der Waals surface area (Å²) in [7, 11) is -2.39. The summed E-state index contributed by atoms with van der Waals surface area (Å²) in [6, 6.07) is 9.85. The first-order valence-electron chi connectivity index (χ1n) is 33.5. The third kappa shape index (κ3) is 22.1. The fourth-order valence-electron chi connectivity index (χ4n) is 12.5. The second kappa shape index (κ2) is 36.8. The van der Waals surface area contributed by atoms with Gasteiger partial charge in [-0.2, -0.15) is 13.0 Å². The van der Waals surface area contributed by atoms with Crippen LogP contribution in [0, 0.1) is 24.7 Å². The van der Waals surface area contributed by atoms with Gasteiger partial charge < -0.3 is 45.5 Å². The van der Waals surface area contributed by atoms with Crippen LogP contribution in [-0.4, -0.2) is 190 Å². The van der Waals surface area contributed by atoms with Crippen LogP contribution < -0.4 is 20.9 Å². The number of ketones is 4. The lowest BCUT2D eigenvalue weighted by Crippen LogP contribution is -2.48. The van der Waals surface area contributed by atoms with E-state index in [1.54, 1.807) is 19.9 Å². The number of rotatable bonds is 43. The minimum atomic E-state index is -4.46. The van der Waals surface area contributed by atoms with Crippen molar-refractivity contribution in [2.24, 2.45) is 17.8 Å². The number of benzene rings is 2. The van der Waals surface area contributed by atoms with Gasteiger partial charge in [-0.3, -0.25) is 57.4 Å². The third-order valence-corrected chi connectivity index (χ3v) is 20.1. The minimum Gasteiger partial charge on any atom is -0.481 e. The van der Waals surface area contributed by atoms with E-state index in [0.29, 0.717) is 44.3 Å². The zero-order chi connectivity index (χ0) is 72.1. The quantitative estimate of drug-likeness (QED) is 0.0104. The van der Waals surface area contributed by atoms with E-state index in [-0.39, 0.29) is 99.2 Å². The van der Waals surface area contributed by atoms with E-state index in [4.69, 9.17) is 9.47 Å². The molecule has 3 aliphatic rings. The lowest BCUT2D eigenvalue weighted by atomic mass is 9.81. The Hall–Kier alpha value is -7.82. The topological polar surface area (TPSA) is 358 Å². The number of amides is 5. The average molecular weight is 1400 g/mol. The largest absolute Gasteiger partial charge is 0.481 e. The number of imide groups is 1. The van der Waals surface area contributed by atoms with Crippen molar-refractivity contribution in [3.8, 4) is 0 Å². The average Bonchev–Trinajstić information content (AvgIpc) is 1.60. The number of aryl methyl sites for hydroxylation is 1. The summed E-state index contributed by atoms with van der Waals surface area (Å²) in [4.78, 5) is 141. The highest BCUT2D eigenvalue weighted by Crippen LogP contribution is 2.49. The fraction of sp³-hybridized carbons (Fsp3) is 0.549. The van der Waals surface area contributed by atoms with Gasteiger partial charge in [0.15, 0.2) is 23.1 Å². The molecule has 98 heavy (non-hydrogen) atoms. The smallest absolute Gasteiger partial charge is 0.304 e. The van der Waals surface area contributed by atoms with E-state index in [1.807, 2.05) is 38.2 Å². The van der Waals surface area contributed by atoms with Crippen LogP contribution in [-0.2, 0) is 84.8 Å². The number of hydrogen-bond donors (Lipinski definition) is 7. The Balaban J connectivity index is 0.946. The number of carbonyl (C=O) groups is 10. The molecule has 534 valence electrons. The van der Waals surface area contributed by atoms with Gasteiger partial charge in [-0.25, -0.2) is 4.98 Å². The molecule has 3 aliphatic heterocycles. The summed E-state index contributed by atoms with van der Waals surface area (Å²) in [5.41, 5.74) is 6.93. The molecular weight excluding hydrogens is 1300 g/mol. The Morgan fingerprint density at radius 2 is 1.50 bits per heavy atom. The molecule has 0 bridgehead atoms. The molecule has 2 aromatic carbocycles. The number of aliphatic carboxylic acids is 1. The number of aliphatic hydroxyl groups excluding tert-OH is 1. The Kier molecular flexibility index (Phi) is 29.8. The van der Waals surface area contributed by atoms with Crippen LogP contribution in [0.25, 0.3) is 0 Å². The SMILES string of the molecule is CCCNC(=O)[C@@H](CC(=O)O)CC(=O)[C@@H](Cc1cnc[nH]1)NC(=O)[C@H](CC(=O)COCCNC(=O)[C@@H](CSC1CC(=O)N(CCCC(=O)CCCCCN2/C(=C/C=C/C=C/C3=[N+](C)c4ccc(C)cc4C3(C)C)C(C)(C)c3cc(S(=O)(=O)O)ccc32)C1=O)CC(=O)COCC)[C@H](C)O. The minimum absolute atomic E-state index is 0.0106. The van der Waals surface area contributed by atoms with Crippen molar-refractivity contribution in [2.45, 2.75) is 172 Å². The summed E-state index contributed by atoms with van der Waals surface area (Å²) in [5, 5.41) is 27.1. The molecule has 1 saturated heterocycles. The van der Waals surface area contributed by atoms with Gasteiger partial charge in [0.1, 0.15) is 26.0 Å². The van der Waals surface area contributed by atoms with Crippen LogP contribution in [0.2, 0.25) is 0 Å². The number of aromatic nitrogens is 2. The zero-order valence-corrected chi connectivity index (χ0v) is 59.3. The molecule has 27 heteroatoms. The lowest BCUT2D eigenvalue weighted by Gasteiger charge is -2.27. The van der Waals surface area contributed by atoms with Crippen LogP contribution in [0.15, 0.2) is 89.9 Å². The summed E-state index contributed by atoms with van der Waals surface area (Å²) in [6.07, 6.45) is 12.6. The van der Waals surface area contributed by atoms with Crippen molar-refractivity contribution in [3.05, 3.63) is 107 Å². The van der Waals surface area contributed by atoms with E-state index in [0.717, 1.165) is 39.3 Å². The Bertz CT molecular complexity index is 3630. The number of Topliss-reactive ketones (excluding diaryl/α,β-unsaturated/α-hetero) is 4. The number of anilines is 1. The second-order valence-electron chi connectivity index (χ2n) is 26.3. The van der Waals surface area contributed by atoms with E-state index in [1.165, 1.54) is 48.4 Å². The van der Waals surface area contributed by atoms with E-state index < -0.39 is 124 Å². The van der Waals surface area contributed by atoms with Gasteiger partial charge in [0, 0.05) is 130 Å². The highest BCUT2D eigenvalue weighted by Gasteiger charge is 2.44. The number of allylic oxidation sites excluding steroid dienone is 6. The highest BCUT2D eigenvalue weighted by molar-refractivity contribution is 8.00. The monoisotopic (exact) mass is 1400 g/mol. The molecule has 1 unspecified atom stereocenters. The molecule has 5 amide bonds. The molecule has 0 saturated carbocycles. The molecule has 0 aliphatic carbocycles. The zero-order valence-electron chi connectivity index (χ0n) is 57.7. The standard InChI is InChI=1S/C71H96N8O17S2/c1-10-27-73-66(88)47(35-65(86)87)34-60(84)57(36-49-40-72-44-75-49)76-68(90)54(46(4)80)37-52(83)42-96-31-28-74-67(89)48(33-51(82)41-95-11-2)43-97-61-39-64(85)79(69(61)91)30-18-20-50(81)19-14-13-17-29-78-59-26-24-53(98(92,93)94)38-56(59)71(7,8)63(78)22-16-12-15-21-62-70(5,6)55-32-45(3)23-25-58(55)77(62)9/h12,15-16,21-26,32,38,40,44,46-48,54,57,61,80H,10-11,13-14,17-20,27-31,33-37,39,41-43H2,1-9H3,(H5-,72,73,74,75,76,86,87,88,89,90,92,93,94)/p+1/t46-,47+,48+,54+,57+,61?/m0/s1. The number of carboxylic acids is 1. The number of H-pyrrole nitrogens is 1. The summed E-state index contributed by atoms with van der Waals surface area (Å²) in [6.45, 7) is 15.4. The number of carbonyl (C=O) groups excluding carboxylic acids is 9. The Morgan fingerprint density at radius 1 is 0.806 bits per heavy atom. The number of carboxylic acid groups (broad SMARTS) is 1. The molecule has 1 aromatic heterocycles. The van der Waals surface area contributed by atoms with Crippen molar-refractivity contribution in [1.29, 1.82) is 0 Å². The summed E-state index contributed by atoms with van der Waals surface area (Å²) < 4.78 is 47.5. The molecule has 0 radical (unpaired) electrons. The number of fused-ring (bicyclic) bond motifs is 2. The van der Waals surface area contributed by atoms with E-state index in [2.05, 4.69) is 87.5 Å². The number of aromatic amines is 1. The molecular formula is C71H97N8O17S2+. The molecule has 3 aromatic rings. The highest BCUT2D eigenvalue weighted by atomic mass is 32.2. The van der Waals surface area contributed by atoms with Crippen LogP contribution in [0.1, 0.15) is 148 Å². The van der Waals surface area contributed by atoms with Crippen LogP contribution in [0.4, 0.5) is 11.4 Å². The number of imidazole rings is 1. The molecule has 0 spiro atoms. The predicted octanol–water partition coefficient (Wildman–Crippen LogP) is 6.54. The fourth-order valence-corrected chi connectivity index (χ4v) is 14.2. The first kappa shape index (κ1) is 79.2. The number of nitrogens with zero attached hydrogens (tertiary/aromatic N) is 4. The molecule has 6 atom stereocenters. The Labute approximate surface area is 578 Å². The molecule has 4 heterocycles. The number of aliphatic hydroxyl groups is 1. The molecule has 25 nitrogen and oxygen atoms in total. The molecule has 1 fully saturated rings. The van der Waals surface area contributed by atoms with Crippen molar-refractivity contribution < 1.29 is 85.2 Å². The van der Waals surface area contributed by atoms with Crippen LogP contribution >= 0.6 is 11.8 Å². The van der Waals surface area contributed by atoms with Crippen LogP contribution in [0.5, 0.6) is 0 Å². The predicted molar refractivity (Wildman–Crippen MR) is 369 cm³/mol. The number of unbranched alkanes of at least 4 members (excludes halogenated alkanes) is 2. The number of nitrogens with one attached hydrogen (secondary N) is 4. The van der Waals surface area contributed by atoms with Crippen molar-refractivity contribution in [3.63, 3.8) is 0 Å². The first-order valence-corrected chi connectivity index (χ1v) is 36.0. The van der Waals surface area contributed by atoms with Gasteiger partial charge in [-0.1, -0.05) is 57.0 Å². The molecule has 6 rings (SSSR count). The third-order valence-electron chi connectivity index (χ3n) is 17.9. The number of hydrogen-bond acceptors (Lipinski definition) is 18.